The zero-order valence-electron chi connectivity index (χ0n) is 14.5. The number of benzene rings is 2. The summed E-state index contributed by atoms with van der Waals surface area (Å²) in [5, 5.41) is 0.542. The minimum atomic E-state index is -3.51. The first-order valence-electron chi connectivity index (χ1n) is 7.92. The van der Waals surface area contributed by atoms with Crippen molar-refractivity contribution in [3.8, 4) is 0 Å². The van der Waals surface area contributed by atoms with E-state index in [-0.39, 0.29) is 17.0 Å². The van der Waals surface area contributed by atoms with Crippen LogP contribution in [-0.2, 0) is 9.84 Å². The Bertz CT molecular complexity index is 879. The fourth-order valence-corrected chi connectivity index (χ4v) is 4.83. The second-order valence-electron chi connectivity index (χ2n) is 7.10. The zero-order chi connectivity index (χ0) is 17.5. The second-order valence-corrected chi connectivity index (χ2v) is 9.43. The van der Waals surface area contributed by atoms with Crippen molar-refractivity contribution in [1.82, 2.24) is 0 Å². The Labute approximate surface area is 165 Å². The van der Waals surface area contributed by atoms with Crippen molar-refractivity contribution in [2.45, 2.75) is 16.2 Å². The summed E-state index contributed by atoms with van der Waals surface area (Å²) in [6.07, 6.45) is 0.948. The lowest BCUT2D eigenvalue weighted by Crippen LogP contribution is -3.00. The van der Waals surface area contributed by atoms with Gasteiger partial charge in [-0.15, -0.1) is 0 Å². The van der Waals surface area contributed by atoms with Gasteiger partial charge in [0.05, 0.1) is 48.9 Å². The van der Waals surface area contributed by atoms with Crippen molar-refractivity contribution in [3.05, 3.63) is 47.5 Å². The number of quaternary nitrogens is 1. The highest BCUT2D eigenvalue weighted by atomic mass is 79.9. The van der Waals surface area contributed by atoms with Gasteiger partial charge in [0.15, 0.2) is 0 Å². The van der Waals surface area contributed by atoms with E-state index in [0.29, 0.717) is 20.5 Å². The van der Waals surface area contributed by atoms with Crippen LogP contribution in [0.3, 0.4) is 0 Å². The number of nitrogens with zero attached hydrogens (tertiary/aromatic N) is 2. The van der Waals surface area contributed by atoms with E-state index in [4.69, 9.17) is 11.6 Å². The van der Waals surface area contributed by atoms with Gasteiger partial charge in [-0.25, -0.2) is 8.42 Å². The van der Waals surface area contributed by atoms with Gasteiger partial charge in [-0.2, -0.15) is 0 Å². The minimum absolute atomic E-state index is 0. The van der Waals surface area contributed by atoms with E-state index in [1.54, 1.807) is 30.3 Å². The Morgan fingerprint density at radius 1 is 1.00 bits per heavy atom. The third-order valence-corrected chi connectivity index (χ3v) is 6.24. The van der Waals surface area contributed by atoms with Crippen molar-refractivity contribution >= 4 is 32.8 Å². The molecule has 136 valence electrons. The number of rotatable bonds is 4. The summed E-state index contributed by atoms with van der Waals surface area (Å²) in [5.41, 5.74) is 1.40. The van der Waals surface area contributed by atoms with Crippen LogP contribution in [-0.4, -0.2) is 47.1 Å². The largest absolute Gasteiger partial charge is 1.00 e. The van der Waals surface area contributed by atoms with Crippen LogP contribution in [0.4, 0.5) is 11.4 Å². The number of hydrogen-bond acceptors (Lipinski definition) is 3. The van der Waals surface area contributed by atoms with Crippen molar-refractivity contribution in [2.24, 2.45) is 0 Å². The third kappa shape index (κ3) is 4.03. The number of halogens is 2. The van der Waals surface area contributed by atoms with Gasteiger partial charge >= 0.3 is 0 Å². The van der Waals surface area contributed by atoms with Crippen molar-refractivity contribution in [3.63, 3.8) is 0 Å². The van der Waals surface area contributed by atoms with E-state index >= 15 is 0 Å². The van der Waals surface area contributed by atoms with Crippen LogP contribution in [0.15, 0.2) is 52.3 Å². The Morgan fingerprint density at radius 2 is 1.64 bits per heavy atom. The number of anilines is 2. The number of hydrogen-bond donors (Lipinski definition) is 0. The smallest absolute Gasteiger partial charge is 0.210 e. The second kappa shape index (κ2) is 7.27. The molecule has 1 aliphatic heterocycles. The van der Waals surface area contributed by atoms with Crippen LogP contribution in [0.25, 0.3) is 0 Å². The molecule has 0 atom stereocenters. The molecule has 7 heteroatoms. The predicted molar refractivity (Wildman–Crippen MR) is 97.9 cm³/mol. The normalized spacial score (nSPS) is 15.1. The molecule has 2 aromatic carbocycles. The lowest BCUT2D eigenvalue weighted by molar-refractivity contribution is -0.870. The molecule has 0 aromatic heterocycles. The molecule has 0 saturated heterocycles. The lowest BCUT2D eigenvalue weighted by atomic mass is 10.2. The molecule has 1 heterocycles. The van der Waals surface area contributed by atoms with Crippen LogP contribution in [0.1, 0.15) is 6.42 Å². The molecule has 0 radical (unpaired) electrons. The van der Waals surface area contributed by atoms with Gasteiger partial charge in [-0.1, -0.05) is 23.7 Å². The number of sulfone groups is 1. The van der Waals surface area contributed by atoms with Gasteiger partial charge in [0, 0.05) is 18.0 Å². The molecule has 4 nitrogen and oxygen atoms in total. The highest BCUT2D eigenvalue weighted by Gasteiger charge is 2.33. The van der Waals surface area contributed by atoms with Gasteiger partial charge in [-0.05, 0) is 30.3 Å². The first kappa shape index (κ1) is 20.2. The van der Waals surface area contributed by atoms with E-state index in [9.17, 15) is 8.42 Å². The Balaban J connectivity index is 0.00000225. The Hall–Kier alpha value is -1.08. The topological polar surface area (TPSA) is 37.4 Å². The number of fused-ring (bicyclic) bond motifs is 2. The van der Waals surface area contributed by atoms with E-state index < -0.39 is 9.84 Å². The van der Waals surface area contributed by atoms with E-state index in [0.717, 1.165) is 29.7 Å². The summed E-state index contributed by atoms with van der Waals surface area (Å²) in [6.45, 7) is 1.75. The Morgan fingerprint density at radius 3 is 2.32 bits per heavy atom. The van der Waals surface area contributed by atoms with Crippen molar-refractivity contribution < 1.29 is 29.9 Å². The predicted octanol–water partition coefficient (Wildman–Crippen LogP) is 0.725. The van der Waals surface area contributed by atoms with Gasteiger partial charge in [0.1, 0.15) is 0 Å². The maximum atomic E-state index is 12.9. The number of para-hydroxylation sites is 1. The molecule has 2 aromatic rings. The average molecular weight is 446 g/mol. The molecule has 1 aliphatic rings. The van der Waals surface area contributed by atoms with Gasteiger partial charge < -0.3 is 26.4 Å². The molecular formula is C18H22BrClN2O2S. The van der Waals surface area contributed by atoms with Crippen LogP contribution in [0.5, 0.6) is 0 Å². The lowest BCUT2D eigenvalue weighted by Gasteiger charge is -2.34. The van der Waals surface area contributed by atoms with Crippen LogP contribution in [0, 0.1) is 0 Å². The summed E-state index contributed by atoms with van der Waals surface area (Å²) in [5.74, 6) is 0. The molecule has 0 unspecified atom stereocenters. The van der Waals surface area contributed by atoms with E-state index in [1.165, 1.54) is 0 Å². The van der Waals surface area contributed by atoms with Gasteiger partial charge in [0.2, 0.25) is 9.84 Å². The minimum Gasteiger partial charge on any atom is -1.00 e. The first-order valence-corrected chi connectivity index (χ1v) is 9.78. The van der Waals surface area contributed by atoms with Crippen molar-refractivity contribution in [1.29, 1.82) is 0 Å². The summed E-state index contributed by atoms with van der Waals surface area (Å²) >= 11 is 6.14. The summed E-state index contributed by atoms with van der Waals surface area (Å²) in [6, 6.07) is 12.2. The molecule has 0 aliphatic carbocycles. The quantitative estimate of drug-likeness (QED) is 0.651. The molecular weight excluding hydrogens is 424 g/mol. The molecule has 0 saturated carbocycles. The molecule has 25 heavy (non-hydrogen) atoms. The van der Waals surface area contributed by atoms with Crippen LogP contribution in [0.2, 0.25) is 5.02 Å². The first-order chi connectivity index (χ1) is 11.2. The third-order valence-electron chi connectivity index (χ3n) is 4.16. The zero-order valence-corrected chi connectivity index (χ0v) is 17.7. The SMILES string of the molecule is C[N+](C)(C)CCCN1c2ccccc2S(=O)(=O)c2ccc(Cl)cc21.[Br-]. The van der Waals surface area contributed by atoms with Crippen LogP contribution < -0.4 is 21.9 Å². The maximum absolute atomic E-state index is 12.9. The molecule has 0 fully saturated rings. The monoisotopic (exact) mass is 444 g/mol. The molecule has 0 amide bonds. The summed E-state index contributed by atoms with van der Waals surface area (Å²) in [7, 11) is 2.95. The van der Waals surface area contributed by atoms with Crippen molar-refractivity contribution in [2.75, 3.05) is 39.1 Å². The Kier molecular flexibility index (Phi) is 5.88. The maximum Gasteiger partial charge on any atom is 0.210 e. The van der Waals surface area contributed by atoms with Gasteiger partial charge in [-0.3, -0.25) is 0 Å². The summed E-state index contributed by atoms with van der Waals surface area (Å²) in [4.78, 5) is 2.77. The molecule has 3 rings (SSSR count). The highest BCUT2D eigenvalue weighted by Crippen LogP contribution is 2.44. The van der Waals surface area contributed by atoms with Gasteiger partial charge in [0.25, 0.3) is 0 Å². The molecule has 0 bridgehead atoms. The van der Waals surface area contributed by atoms with E-state index in [2.05, 4.69) is 26.0 Å². The highest BCUT2D eigenvalue weighted by molar-refractivity contribution is 7.92. The van der Waals surface area contributed by atoms with E-state index in [1.807, 2.05) is 12.1 Å². The average Bonchev–Trinajstić information content (AvgIpc) is 2.49. The fourth-order valence-electron chi connectivity index (χ4n) is 3.03. The standard InChI is InChI=1S/C18H22ClN2O2S.BrH/c1-21(2,3)12-6-11-20-15-7-4-5-8-17(15)24(22,23)18-10-9-14(19)13-16(18)20;/h4-5,7-10,13H,6,11-12H2,1-3H3;1H/q+1;/p-1. The summed E-state index contributed by atoms with van der Waals surface area (Å²) < 4.78 is 26.7. The molecule has 0 spiro atoms. The fraction of sp³-hybridized carbons (Fsp3) is 0.333. The van der Waals surface area contributed by atoms with Crippen LogP contribution >= 0.6 is 11.6 Å². The molecule has 0 N–H and O–H groups in total.